The van der Waals surface area contributed by atoms with Gasteiger partial charge in [-0.3, -0.25) is 0 Å². The van der Waals surface area contributed by atoms with Crippen LogP contribution in [0.5, 0.6) is 5.75 Å². The molecule has 5 heteroatoms. The van der Waals surface area contributed by atoms with Gasteiger partial charge in [-0.2, -0.15) is 0 Å². The van der Waals surface area contributed by atoms with E-state index in [9.17, 15) is 4.39 Å². The highest BCUT2D eigenvalue weighted by molar-refractivity contribution is 6.31. The van der Waals surface area contributed by atoms with Gasteiger partial charge in [-0.1, -0.05) is 48.0 Å². The number of fused-ring (bicyclic) bond motifs is 1. The second-order valence-electron chi connectivity index (χ2n) is 6.42. The van der Waals surface area contributed by atoms with E-state index in [1.807, 2.05) is 25.2 Å². The van der Waals surface area contributed by atoms with Crippen molar-refractivity contribution in [3.05, 3.63) is 76.6 Å². The van der Waals surface area contributed by atoms with E-state index in [4.69, 9.17) is 16.3 Å². The zero-order valence-electron chi connectivity index (χ0n) is 15.4. The molecule has 0 spiro atoms. The summed E-state index contributed by atoms with van der Waals surface area (Å²) in [5.41, 5.74) is 1.88. The zero-order valence-corrected chi connectivity index (χ0v) is 16.2. The molecule has 0 aliphatic heterocycles. The molecule has 0 atom stereocenters. The van der Waals surface area contributed by atoms with Crippen LogP contribution in [-0.4, -0.2) is 20.1 Å². The van der Waals surface area contributed by atoms with Gasteiger partial charge < -0.3 is 15.4 Å². The van der Waals surface area contributed by atoms with E-state index < -0.39 is 0 Å². The van der Waals surface area contributed by atoms with Crippen molar-refractivity contribution in [2.75, 3.05) is 20.1 Å². The average molecular weight is 387 g/mol. The maximum Gasteiger partial charge on any atom is 0.124 e. The summed E-state index contributed by atoms with van der Waals surface area (Å²) in [7, 11) is 1.96. The topological polar surface area (TPSA) is 33.3 Å². The Morgan fingerprint density at radius 3 is 2.70 bits per heavy atom. The predicted molar refractivity (Wildman–Crippen MR) is 110 cm³/mol. The molecule has 0 aliphatic carbocycles. The van der Waals surface area contributed by atoms with Crippen LogP contribution in [0.3, 0.4) is 0 Å². The van der Waals surface area contributed by atoms with Crippen LogP contribution < -0.4 is 15.4 Å². The smallest absolute Gasteiger partial charge is 0.124 e. The molecule has 0 aromatic heterocycles. The average Bonchev–Trinajstić information content (AvgIpc) is 2.68. The van der Waals surface area contributed by atoms with Crippen LogP contribution in [0, 0.1) is 5.82 Å². The van der Waals surface area contributed by atoms with Crippen LogP contribution in [-0.2, 0) is 13.2 Å². The Morgan fingerprint density at radius 1 is 1.04 bits per heavy atom. The third-order valence-electron chi connectivity index (χ3n) is 4.48. The molecule has 0 saturated heterocycles. The fourth-order valence-corrected chi connectivity index (χ4v) is 3.25. The largest absolute Gasteiger partial charge is 0.488 e. The van der Waals surface area contributed by atoms with Gasteiger partial charge in [0.1, 0.15) is 18.2 Å². The summed E-state index contributed by atoms with van der Waals surface area (Å²) in [4.78, 5) is 0. The highest BCUT2D eigenvalue weighted by Gasteiger charge is 2.10. The molecule has 27 heavy (non-hydrogen) atoms. The Kier molecular flexibility index (Phi) is 7.04. The molecule has 0 radical (unpaired) electrons. The second kappa shape index (κ2) is 9.70. The number of hydrogen-bond acceptors (Lipinski definition) is 3. The van der Waals surface area contributed by atoms with Gasteiger partial charge in [-0.25, -0.2) is 4.39 Å². The van der Waals surface area contributed by atoms with Gasteiger partial charge in [0, 0.05) is 17.7 Å². The van der Waals surface area contributed by atoms with Gasteiger partial charge in [0.15, 0.2) is 0 Å². The first-order chi connectivity index (χ1) is 13.2. The summed E-state index contributed by atoms with van der Waals surface area (Å²) in [6.45, 7) is 2.92. The van der Waals surface area contributed by atoms with E-state index in [-0.39, 0.29) is 5.82 Å². The number of rotatable bonds is 9. The highest BCUT2D eigenvalue weighted by atomic mass is 35.5. The normalized spacial score (nSPS) is 11.1. The molecule has 0 bridgehead atoms. The van der Waals surface area contributed by atoms with Crippen molar-refractivity contribution in [1.29, 1.82) is 0 Å². The summed E-state index contributed by atoms with van der Waals surface area (Å²) in [5.74, 6) is 0.469. The zero-order chi connectivity index (χ0) is 19.1. The lowest BCUT2D eigenvalue weighted by Gasteiger charge is -2.16. The lowest BCUT2D eigenvalue weighted by molar-refractivity contribution is 0.302. The SMILES string of the molecule is CNCCCNCc1c(OCc2ccc(F)cc2Cl)ccc2ccccc12. The Hall–Kier alpha value is -2.14. The third kappa shape index (κ3) is 5.19. The Bertz CT molecular complexity index is 901. The van der Waals surface area contributed by atoms with Crippen molar-refractivity contribution in [2.45, 2.75) is 19.6 Å². The van der Waals surface area contributed by atoms with E-state index in [1.54, 1.807) is 6.07 Å². The van der Waals surface area contributed by atoms with Crippen molar-refractivity contribution in [3.8, 4) is 5.75 Å². The minimum Gasteiger partial charge on any atom is -0.488 e. The van der Waals surface area contributed by atoms with Crippen molar-refractivity contribution in [2.24, 2.45) is 0 Å². The molecular weight excluding hydrogens is 363 g/mol. The third-order valence-corrected chi connectivity index (χ3v) is 4.83. The molecule has 0 saturated carbocycles. The van der Waals surface area contributed by atoms with Crippen LogP contribution >= 0.6 is 11.6 Å². The number of ether oxygens (including phenoxy) is 1. The summed E-state index contributed by atoms with van der Waals surface area (Å²) >= 11 is 6.12. The van der Waals surface area contributed by atoms with Crippen LogP contribution in [0.15, 0.2) is 54.6 Å². The van der Waals surface area contributed by atoms with Crippen LogP contribution in [0.4, 0.5) is 4.39 Å². The minimum atomic E-state index is -0.346. The Morgan fingerprint density at radius 2 is 1.89 bits per heavy atom. The van der Waals surface area contributed by atoms with E-state index in [0.29, 0.717) is 11.6 Å². The van der Waals surface area contributed by atoms with E-state index >= 15 is 0 Å². The van der Waals surface area contributed by atoms with Gasteiger partial charge in [-0.15, -0.1) is 0 Å². The summed E-state index contributed by atoms with van der Waals surface area (Å²) in [5, 5.41) is 9.36. The summed E-state index contributed by atoms with van der Waals surface area (Å²) in [6.07, 6.45) is 1.06. The van der Waals surface area contributed by atoms with Gasteiger partial charge in [0.2, 0.25) is 0 Å². The highest BCUT2D eigenvalue weighted by Crippen LogP contribution is 2.29. The van der Waals surface area contributed by atoms with Crippen LogP contribution in [0.1, 0.15) is 17.5 Å². The van der Waals surface area contributed by atoms with Gasteiger partial charge in [0.05, 0.1) is 5.02 Å². The quantitative estimate of drug-likeness (QED) is 0.512. The number of hydrogen-bond donors (Lipinski definition) is 2. The first-order valence-corrected chi connectivity index (χ1v) is 9.49. The molecule has 3 nitrogen and oxygen atoms in total. The molecule has 3 aromatic carbocycles. The van der Waals surface area contributed by atoms with Crippen molar-refractivity contribution >= 4 is 22.4 Å². The van der Waals surface area contributed by atoms with Gasteiger partial charge >= 0.3 is 0 Å². The standard InChI is InChI=1S/C22H24ClFN2O/c1-25-11-4-12-26-14-20-19-6-3-2-5-16(19)8-10-22(20)27-15-17-7-9-18(24)13-21(17)23/h2-3,5-10,13,25-26H,4,11-12,14-15H2,1H3. The molecule has 142 valence electrons. The lowest BCUT2D eigenvalue weighted by Crippen LogP contribution is -2.20. The first kappa shape index (κ1) is 19.6. The second-order valence-corrected chi connectivity index (χ2v) is 6.83. The fourth-order valence-electron chi connectivity index (χ4n) is 3.03. The minimum absolute atomic E-state index is 0.296. The summed E-state index contributed by atoms with van der Waals surface area (Å²) < 4.78 is 19.3. The van der Waals surface area contributed by atoms with Crippen LogP contribution in [0.25, 0.3) is 10.8 Å². The Labute approximate surface area is 164 Å². The van der Waals surface area contributed by atoms with Crippen LogP contribution in [0.2, 0.25) is 5.02 Å². The van der Waals surface area contributed by atoms with E-state index in [1.165, 1.54) is 22.9 Å². The first-order valence-electron chi connectivity index (χ1n) is 9.11. The molecule has 0 aliphatic rings. The molecule has 2 N–H and O–H groups in total. The van der Waals surface area contributed by atoms with Crippen molar-refractivity contribution in [3.63, 3.8) is 0 Å². The molecule has 0 heterocycles. The number of nitrogens with one attached hydrogen (secondary N) is 2. The Balaban J connectivity index is 1.79. The molecule has 0 unspecified atom stereocenters. The monoisotopic (exact) mass is 386 g/mol. The summed E-state index contributed by atoms with van der Waals surface area (Å²) in [6, 6.07) is 16.7. The number of halogens is 2. The van der Waals surface area contributed by atoms with Gasteiger partial charge in [-0.05, 0) is 55.5 Å². The maximum atomic E-state index is 13.2. The molecular formula is C22H24ClFN2O. The van der Waals surface area contributed by atoms with Gasteiger partial charge in [0.25, 0.3) is 0 Å². The molecule has 3 rings (SSSR count). The fraction of sp³-hybridized carbons (Fsp3) is 0.273. The van der Waals surface area contributed by atoms with E-state index in [2.05, 4.69) is 28.8 Å². The van der Waals surface area contributed by atoms with Crippen molar-refractivity contribution < 1.29 is 9.13 Å². The molecule has 3 aromatic rings. The van der Waals surface area contributed by atoms with Crippen molar-refractivity contribution in [1.82, 2.24) is 10.6 Å². The number of benzene rings is 3. The van der Waals surface area contributed by atoms with E-state index in [0.717, 1.165) is 42.9 Å². The lowest BCUT2D eigenvalue weighted by atomic mass is 10.0. The molecule has 0 amide bonds. The maximum absolute atomic E-state index is 13.2. The predicted octanol–water partition coefficient (Wildman–Crippen LogP) is 4.91. The molecule has 0 fully saturated rings.